The van der Waals surface area contributed by atoms with Gasteiger partial charge in [-0.25, -0.2) is 0 Å². The van der Waals surface area contributed by atoms with E-state index in [1.165, 1.54) is 25.7 Å². The highest BCUT2D eigenvalue weighted by Gasteiger charge is 2.41. The van der Waals surface area contributed by atoms with Gasteiger partial charge in [-0.1, -0.05) is 32.8 Å². The summed E-state index contributed by atoms with van der Waals surface area (Å²) in [5, 5.41) is 0. The van der Waals surface area contributed by atoms with Crippen LogP contribution in [0, 0.1) is 17.3 Å². The van der Waals surface area contributed by atoms with Crippen LogP contribution < -0.4 is 0 Å². The minimum absolute atomic E-state index is 0.287. The quantitative estimate of drug-likeness (QED) is 0.638. The van der Waals surface area contributed by atoms with Gasteiger partial charge in [-0.15, -0.1) is 0 Å². The Morgan fingerprint density at radius 3 is 2.87 bits per heavy atom. The van der Waals surface area contributed by atoms with Crippen LogP contribution in [0.2, 0.25) is 0 Å². The van der Waals surface area contributed by atoms with Gasteiger partial charge < -0.3 is 0 Å². The molecule has 0 spiro atoms. The maximum Gasteiger partial charge on any atom is 0.155 e. The minimum Gasteiger partial charge on any atom is -0.295 e. The van der Waals surface area contributed by atoms with Crippen molar-refractivity contribution in [3.8, 4) is 0 Å². The Hall–Kier alpha value is -0.590. The first-order valence-corrected chi connectivity index (χ1v) is 6.24. The lowest BCUT2D eigenvalue weighted by molar-refractivity contribution is -0.114. The average Bonchev–Trinajstić information content (AvgIpc) is 2.17. The molecule has 15 heavy (non-hydrogen) atoms. The van der Waals surface area contributed by atoms with Crippen molar-refractivity contribution < 1.29 is 4.79 Å². The van der Waals surface area contributed by atoms with Gasteiger partial charge >= 0.3 is 0 Å². The summed E-state index contributed by atoms with van der Waals surface area (Å²) in [5.74, 6) is 1.70. The number of hydrogen-bond donors (Lipinski definition) is 0. The van der Waals surface area contributed by atoms with Crippen molar-refractivity contribution in [2.24, 2.45) is 17.3 Å². The first kappa shape index (κ1) is 10.9. The number of carbonyl (C=O) groups is 1. The molecule has 0 aromatic rings. The van der Waals surface area contributed by atoms with Crippen molar-refractivity contribution in [2.45, 2.75) is 52.9 Å². The Kier molecular flexibility index (Phi) is 2.74. The summed E-state index contributed by atoms with van der Waals surface area (Å²) in [6, 6.07) is 0. The lowest BCUT2D eigenvalue weighted by Crippen LogP contribution is -2.37. The molecule has 0 heterocycles. The molecule has 1 fully saturated rings. The zero-order valence-electron chi connectivity index (χ0n) is 10.2. The molecule has 84 valence electrons. The van der Waals surface area contributed by atoms with Crippen molar-refractivity contribution in [1.82, 2.24) is 0 Å². The van der Waals surface area contributed by atoms with E-state index in [-0.39, 0.29) is 5.78 Å². The highest BCUT2D eigenvalue weighted by atomic mass is 16.1. The molecule has 2 aliphatic carbocycles. The fourth-order valence-electron chi connectivity index (χ4n) is 3.53. The fraction of sp³-hybridized carbons (Fsp3) is 0.786. The topological polar surface area (TPSA) is 17.1 Å². The van der Waals surface area contributed by atoms with Gasteiger partial charge in [-0.05, 0) is 49.0 Å². The van der Waals surface area contributed by atoms with Crippen LogP contribution in [-0.2, 0) is 4.79 Å². The van der Waals surface area contributed by atoms with Crippen molar-refractivity contribution in [3.63, 3.8) is 0 Å². The third-order valence-electron chi connectivity index (χ3n) is 4.62. The molecular formula is C14H22O. The number of carbonyl (C=O) groups excluding carboxylic acids is 1. The van der Waals surface area contributed by atoms with Crippen LogP contribution in [0.3, 0.4) is 0 Å². The minimum atomic E-state index is 0.287. The molecule has 1 heteroatoms. The number of Topliss-reactive ketones (excluding diaryl/α,β-unsaturated/α-hetero) is 1. The summed E-state index contributed by atoms with van der Waals surface area (Å²) in [5.41, 5.74) is 1.57. The Morgan fingerprint density at radius 2 is 2.20 bits per heavy atom. The molecule has 0 aliphatic heterocycles. The van der Waals surface area contributed by atoms with E-state index in [1.807, 2.05) is 0 Å². The monoisotopic (exact) mass is 206 g/mol. The van der Waals surface area contributed by atoms with Crippen molar-refractivity contribution in [1.29, 1.82) is 0 Å². The van der Waals surface area contributed by atoms with Gasteiger partial charge in [0.25, 0.3) is 0 Å². The largest absolute Gasteiger partial charge is 0.295 e. The molecular weight excluding hydrogens is 184 g/mol. The summed E-state index contributed by atoms with van der Waals surface area (Å²) in [4.78, 5) is 11.4. The molecule has 0 N–H and O–H groups in total. The molecule has 0 radical (unpaired) electrons. The van der Waals surface area contributed by atoms with Crippen LogP contribution in [0.15, 0.2) is 11.6 Å². The van der Waals surface area contributed by atoms with Crippen LogP contribution in [0.5, 0.6) is 0 Å². The highest BCUT2D eigenvalue weighted by molar-refractivity contribution is 5.93. The van der Waals surface area contributed by atoms with Gasteiger partial charge in [0.2, 0.25) is 0 Å². The smallest absolute Gasteiger partial charge is 0.155 e. The Balaban J connectivity index is 2.28. The molecule has 1 nitrogen and oxygen atoms in total. The second-order valence-electron chi connectivity index (χ2n) is 5.80. The molecule has 0 saturated heterocycles. The van der Waals surface area contributed by atoms with E-state index in [0.29, 0.717) is 11.3 Å². The van der Waals surface area contributed by atoms with E-state index in [1.54, 1.807) is 6.92 Å². The molecule has 0 aromatic heterocycles. The van der Waals surface area contributed by atoms with Gasteiger partial charge in [-0.2, -0.15) is 0 Å². The van der Waals surface area contributed by atoms with Crippen LogP contribution in [0.1, 0.15) is 52.9 Å². The first-order chi connectivity index (χ1) is 7.03. The number of allylic oxidation sites excluding steroid dienone is 2. The molecule has 0 bridgehead atoms. The molecule has 1 saturated carbocycles. The second kappa shape index (κ2) is 3.77. The third-order valence-corrected chi connectivity index (χ3v) is 4.62. The van der Waals surface area contributed by atoms with Crippen LogP contribution >= 0.6 is 0 Å². The summed E-state index contributed by atoms with van der Waals surface area (Å²) >= 11 is 0. The fourth-order valence-corrected chi connectivity index (χ4v) is 3.53. The van der Waals surface area contributed by atoms with E-state index in [9.17, 15) is 4.79 Å². The highest BCUT2D eigenvalue weighted by Crippen LogP contribution is 2.51. The predicted octanol–water partition coefficient (Wildman–Crippen LogP) is 3.74. The predicted molar refractivity (Wildman–Crippen MR) is 62.6 cm³/mol. The van der Waals surface area contributed by atoms with Gasteiger partial charge in [0, 0.05) is 0 Å². The maximum atomic E-state index is 11.4. The Labute approximate surface area is 92.9 Å². The molecule has 0 amide bonds. The van der Waals surface area contributed by atoms with Crippen molar-refractivity contribution >= 4 is 5.78 Å². The zero-order valence-corrected chi connectivity index (χ0v) is 10.2. The summed E-state index contributed by atoms with van der Waals surface area (Å²) in [7, 11) is 0. The molecule has 2 aliphatic rings. The lowest BCUT2D eigenvalue weighted by atomic mass is 9.58. The zero-order chi connectivity index (χ0) is 11.1. The summed E-state index contributed by atoms with van der Waals surface area (Å²) < 4.78 is 0. The average molecular weight is 206 g/mol. The van der Waals surface area contributed by atoms with Crippen LogP contribution in [-0.4, -0.2) is 5.78 Å². The second-order valence-corrected chi connectivity index (χ2v) is 5.80. The molecule has 1 unspecified atom stereocenters. The van der Waals surface area contributed by atoms with Crippen LogP contribution in [0.4, 0.5) is 0 Å². The lowest BCUT2D eigenvalue weighted by Gasteiger charge is -2.47. The van der Waals surface area contributed by atoms with E-state index in [4.69, 9.17) is 0 Å². The van der Waals surface area contributed by atoms with Gasteiger partial charge in [-0.3, -0.25) is 4.79 Å². The Morgan fingerprint density at radius 1 is 1.47 bits per heavy atom. The SMILES string of the molecule is CC(=O)C1=CC2[C@H](C)CCC[C@@]2(C)CC1. The first-order valence-electron chi connectivity index (χ1n) is 6.24. The normalized spacial score (nSPS) is 40.6. The summed E-state index contributed by atoms with van der Waals surface area (Å²) in [6.45, 7) is 6.48. The number of hydrogen-bond acceptors (Lipinski definition) is 1. The number of fused-ring (bicyclic) bond motifs is 1. The van der Waals surface area contributed by atoms with Gasteiger partial charge in [0.05, 0.1) is 0 Å². The van der Waals surface area contributed by atoms with Gasteiger partial charge in [0.1, 0.15) is 0 Å². The van der Waals surface area contributed by atoms with E-state index in [0.717, 1.165) is 17.9 Å². The molecule has 3 atom stereocenters. The van der Waals surface area contributed by atoms with E-state index >= 15 is 0 Å². The van der Waals surface area contributed by atoms with E-state index in [2.05, 4.69) is 19.9 Å². The third kappa shape index (κ3) is 1.89. The maximum absolute atomic E-state index is 11.4. The van der Waals surface area contributed by atoms with Crippen LogP contribution in [0.25, 0.3) is 0 Å². The van der Waals surface area contributed by atoms with Gasteiger partial charge in [0.15, 0.2) is 5.78 Å². The Bertz CT molecular complexity index is 302. The number of rotatable bonds is 1. The van der Waals surface area contributed by atoms with Crippen molar-refractivity contribution in [2.75, 3.05) is 0 Å². The standard InChI is InChI=1S/C14H22O/c1-10-5-4-7-14(3)8-6-12(11(2)15)9-13(10)14/h9-10,13H,4-8H2,1-3H3/t10-,13?,14+/m1/s1. The van der Waals surface area contributed by atoms with E-state index < -0.39 is 0 Å². The molecule has 0 aromatic carbocycles. The number of ketones is 1. The van der Waals surface area contributed by atoms with Crippen molar-refractivity contribution in [3.05, 3.63) is 11.6 Å². The summed E-state index contributed by atoms with van der Waals surface area (Å²) in [6.07, 6.45) is 8.58. The molecule has 2 rings (SSSR count).